The van der Waals surface area contributed by atoms with Crippen LogP contribution in [0.2, 0.25) is 0 Å². The van der Waals surface area contributed by atoms with Gasteiger partial charge >= 0.3 is 0 Å². The third-order valence-electron chi connectivity index (χ3n) is 5.03. The maximum absolute atomic E-state index is 2.76. The number of benzene rings is 1. The Morgan fingerprint density at radius 2 is 1.95 bits per heavy atom. The number of hydrogen-bond donors (Lipinski definition) is 0. The van der Waals surface area contributed by atoms with E-state index in [1.54, 1.807) is 0 Å². The van der Waals surface area contributed by atoms with Crippen LogP contribution >= 0.6 is 0 Å². The lowest BCUT2D eigenvalue weighted by Crippen LogP contribution is -2.51. The fourth-order valence-corrected chi connectivity index (χ4v) is 3.88. The van der Waals surface area contributed by atoms with Gasteiger partial charge in [0.2, 0.25) is 0 Å². The summed E-state index contributed by atoms with van der Waals surface area (Å²) in [5.74, 6) is 0. The zero-order chi connectivity index (χ0) is 13.8. The molecule has 0 spiro atoms. The summed E-state index contributed by atoms with van der Waals surface area (Å²) in [6.07, 6.45) is 6.85. The summed E-state index contributed by atoms with van der Waals surface area (Å²) in [4.78, 5) is 5.49. The first kappa shape index (κ1) is 14.1. The fourth-order valence-electron chi connectivity index (χ4n) is 3.88. The first-order valence-electron chi connectivity index (χ1n) is 8.41. The Kier molecular flexibility index (Phi) is 4.74. The summed E-state index contributed by atoms with van der Waals surface area (Å²) in [6, 6.07) is 12.6. The van der Waals surface area contributed by atoms with Crippen LogP contribution in [0.25, 0.3) is 0 Å². The molecule has 2 unspecified atom stereocenters. The van der Waals surface area contributed by atoms with Crippen LogP contribution in [0.1, 0.15) is 50.6 Å². The highest BCUT2D eigenvalue weighted by molar-refractivity contribution is 5.20. The van der Waals surface area contributed by atoms with Crippen molar-refractivity contribution >= 4 is 0 Å². The van der Waals surface area contributed by atoms with E-state index in [9.17, 15) is 0 Å². The number of piperazine rings is 1. The third kappa shape index (κ3) is 3.07. The topological polar surface area (TPSA) is 6.48 Å². The van der Waals surface area contributed by atoms with Crippen LogP contribution < -0.4 is 0 Å². The van der Waals surface area contributed by atoms with Crippen molar-refractivity contribution in [3.05, 3.63) is 35.9 Å². The molecule has 1 aromatic carbocycles. The molecule has 2 nitrogen and oxygen atoms in total. The summed E-state index contributed by atoms with van der Waals surface area (Å²) < 4.78 is 0. The van der Waals surface area contributed by atoms with E-state index in [1.807, 2.05) is 0 Å². The zero-order valence-electron chi connectivity index (χ0n) is 12.8. The van der Waals surface area contributed by atoms with Crippen LogP contribution in [0.3, 0.4) is 0 Å². The average molecular weight is 272 g/mol. The van der Waals surface area contributed by atoms with E-state index in [0.717, 1.165) is 6.04 Å². The quantitative estimate of drug-likeness (QED) is 0.754. The van der Waals surface area contributed by atoms with Crippen LogP contribution in [0.4, 0.5) is 0 Å². The van der Waals surface area contributed by atoms with Gasteiger partial charge in [0.25, 0.3) is 0 Å². The SMILES string of the molecule is CCCCCN1CC2CCCN2CC1c1ccccc1. The first-order valence-corrected chi connectivity index (χ1v) is 8.41. The Hall–Kier alpha value is -0.860. The second-order valence-electron chi connectivity index (χ2n) is 6.42. The van der Waals surface area contributed by atoms with Crippen molar-refractivity contribution < 1.29 is 0 Å². The molecule has 0 radical (unpaired) electrons. The van der Waals surface area contributed by atoms with Gasteiger partial charge in [-0.05, 0) is 37.9 Å². The van der Waals surface area contributed by atoms with E-state index >= 15 is 0 Å². The van der Waals surface area contributed by atoms with Crippen LogP contribution in [0, 0.1) is 0 Å². The van der Waals surface area contributed by atoms with Gasteiger partial charge in [-0.15, -0.1) is 0 Å². The molecule has 2 heterocycles. The predicted octanol–water partition coefficient (Wildman–Crippen LogP) is 3.70. The minimum Gasteiger partial charge on any atom is -0.297 e. The summed E-state index contributed by atoms with van der Waals surface area (Å²) >= 11 is 0. The molecule has 2 aliphatic rings. The molecule has 0 aromatic heterocycles. The van der Waals surface area contributed by atoms with E-state index in [4.69, 9.17) is 0 Å². The standard InChI is InChI=1S/C18H28N2/c1-2-3-7-12-20-14-17-11-8-13-19(17)15-18(20)16-9-5-4-6-10-16/h4-6,9-10,17-18H,2-3,7-8,11-15H2,1H3. The number of fused-ring (bicyclic) bond motifs is 1. The van der Waals surface area contributed by atoms with E-state index < -0.39 is 0 Å². The Labute approximate surface area is 123 Å². The molecule has 0 saturated carbocycles. The molecular formula is C18H28N2. The van der Waals surface area contributed by atoms with Crippen molar-refractivity contribution in [2.45, 2.75) is 51.1 Å². The Bertz CT molecular complexity index is 403. The van der Waals surface area contributed by atoms with Gasteiger partial charge in [0.05, 0.1) is 0 Å². The van der Waals surface area contributed by atoms with Crippen molar-refractivity contribution in [3.8, 4) is 0 Å². The predicted molar refractivity (Wildman–Crippen MR) is 84.9 cm³/mol. The van der Waals surface area contributed by atoms with Gasteiger partial charge in [0.15, 0.2) is 0 Å². The number of rotatable bonds is 5. The molecule has 0 N–H and O–H groups in total. The minimum absolute atomic E-state index is 0.613. The lowest BCUT2D eigenvalue weighted by atomic mass is 9.99. The third-order valence-corrected chi connectivity index (χ3v) is 5.03. The number of hydrogen-bond acceptors (Lipinski definition) is 2. The molecule has 110 valence electrons. The van der Waals surface area contributed by atoms with E-state index in [0.29, 0.717) is 6.04 Å². The van der Waals surface area contributed by atoms with Gasteiger partial charge < -0.3 is 0 Å². The maximum Gasteiger partial charge on any atom is 0.0475 e. The molecule has 3 rings (SSSR count). The molecule has 2 aliphatic heterocycles. The molecule has 2 atom stereocenters. The Morgan fingerprint density at radius 1 is 1.10 bits per heavy atom. The zero-order valence-corrected chi connectivity index (χ0v) is 12.8. The van der Waals surface area contributed by atoms with Gasteiger partial charge in [0, 0.05) is 25.2 Å². The normalized spacial score (nSPS) is 27.6. The summed E-state index contributed by atoms with van der Waals surface area (Å²) in [5, 5.41) is 0. The van der Waals surface area contributed by atoms with Crippen molar-refractivity contribution in [2.24, 2.45) is 0 Å². The molecule has 0 amide bonds. The molecular weight excluding hydrogens is 244 g/mol. The maximum atomic E-state index is 2.76. The smallest absolute Gasteiger partial charge is 0.0475 e. The van der Waals surface area contributed by atoms with Crippen LogP contribution in [-0.2, 0) is 0 Å². The highest BCUT2D eigenvalue weighted by Crippen LogP contribution is 2.32. The lowest BCUT2D eigenvalue weighted by molar-refractivity contribution is 0.0493. The van der Waals surface area contributed by atoms with Crippen LogP contribution in [-0.4, -0.2) is 42.0 Å². The van der Waals surface area contributed by atoms with Crippen molar-refractivity contribution in [1.29, 1.82) is 0 Å². The van der Waals surface area contributed by atoms with E-state index in [2.05, 4.69) is 47.1 Å². The number of nitrogens with zero attached hydrogens (tertiary/aromatic N) is 2. The van der Waals surface area contributed by atoms with Crippen molar-refractivity contribution in [1.82, 2.24) is 9.80 Å². The highest BCUT2D eigenvalue weighted by Gasteiger charge is 2.36. The molecule has 2 saturated heterocycles. The van der Waals surface area contributed by atoms with E-state index in [1.165, 1.54) is 63.8 Å². The monoisotopic (exact) mass is 272 g/mol. The van der Waals surface area contributed by atoms with E-state index in [-0.39, 0.29) is 0 Å². The van der Waals surface area contributed by atoms with Gasteiger partial charge in [-0.2, -0.15) is 0 Å². The second kappa shape index (κ2) is 6.73. The largest absolute Gasteiger partial charge is 0.297 e. The van der Waals surface area contributed by atoms with Gasteiger partial charge in [-0.3, -0.25) is 9.80 Å². The molecule has 0 aliphatic carbocycles. The second-order valence-corrected chi connectivity index (χ2v) is 6.42. The Morgan fingerprint density at radius 3 is 2.75 bits per heavy atom. The van der Waals surface area contributed by atoms with Gasteiger partial charge in [-0.1, -0.05) is 50.1 Å². The van der Waals surface area contributed by atoms with Crippen LogP contribution in [0.5, 0.6) is 0 Å². The number of unbranched alkanes of at least 4 members (excludes halogenated alkanes) is 2. The average Bonchev–Trinajstić information content (AvgIpc) is 2.95. The molecule has 2 fully saturated rings. The molecule has 20 heavy (non-hydrogen) atoms. The van der Waals surface area contributed by atoms with Crippen molar-refractivity contribution in [3.63, 3.8) is 0 Å². The molecule has 0 bridgehead atoms. The lowest BCUT2D eigenvalue weighted by Gasteiger charge is -2.44. The summed E-state index contributed by atoms with van der Waals surface area (Å²) in [7, 11) is 0. The Balaban J connectivity index is 1.72. The van der Waals surface area contributed by atoms with Gasteiger partial charge in [0.1, 0.15) is 0 Å². The van der Waals surface area contributed by atoms with Gasteiger partial charge in [-0.25, -0.2) is 0 Å². The molecule has 2 heteroatoms. The first-order chi connectivity index (χ1) is 9.88. The van der Waals surface area contributed by atoms with Crippen LogP contribution in [0.15, 0.2) is 30.3 Å². The minimum atomic E-state index is 0.613. The molecule has 1 aromatic rings. The summed E-state index contributed by atoms with van der Waals surface area (Å²) in [6.45, 7) is 7.40. The highest BCUT2D eigenvalue weighted by atomic mass is 15.3. The van der Waals surface area contributed by atoms with Crippen molar-refractivity contribution in [2.75, 3.05) is 26.2 Å². The fraction of sp³-hybridized carbons (Fsp3) is 0.667. The summed E-state index contributed by atoms with van der Waals surface area (Å²) in [5.41, 5.74) is 1.51.